The molecule has 1 aromatic carbocycles. The van der Waals surface area contributed by atoms with E-state index < -0.39 is 4.92 Å². The molecule has 0 bridgehead atoms. The Bertz CT molecular complexity index is 512. The fourth-order valence-electron chi connectivity index (χ4n) is 2.12. The molecule has 1 aliphatic heterocycles. The van der Waals surface area contributed by atoms with E-state index in [9.17, 15) is 14.9 Å². The van der Waals surface area contributed by atoms with Crippen molar-refractivity contribution in [1.29, 1.82) is 0 Å². The zero-order valence-electron chi connectivity index (χ0n) is 11.2. The van der Waals surface area contributed by atoms with Gasteiger partial charge >= 0.3 is 0 Å². The van der Waals surface area contributed by atoms with Crippen LogP contribution in [0.1, 0.15) is 15.9 Å². The molecular weight excluding hydrogens is 262 g/mol. The first-order valence-electron chi connectivity index (χ1n) is 6.44. The van der Waals surface area contributed by atoms with Crippen LogP contribution in [-0.4, -0.2) is 43.2 Å². The molecule has 0 saturated carbocycles. The number of morpholine rings is 1. The summed E-state index contributed by atoms with van der Waals surface area (Å²) in [5.74, 6) is -0.319. The van der Waals surface area contributed by atoms with E-state index in [0.29, 0.717) is 30.8 Å². The third kappa shape index (κ3) is 3.31. The van der Waals surface area contributed by atoms with E-state index in [0.717, 1.165) is 6.54 Å². The number of benzene rings is 1. The highest BCUT2D eigenvalue weighted by atomic mass is 16.6. The van der Waals surface area contributed by atoms with Crippen molar-refractivity contribution in [3.63, 3.8) is 0 Å². The van der Waals surface area contributed by atoms with Gasteiger partial charge in [-0.15, -0.1) is 0 Å². The summed E-state index contributed by atoms with van der Waals surface area (Å²) in [6.07, 6.45) is -0.0632. The van der Waals surface area contributed by atoms with E-state index in [1.165, 1.54) is 12.1 Å². The Morgan fingerprint density at radius 3 is 3.05 bits per heavy atom. The lowest BCUT2D eigenvalue weighted by Crippen LogP contribution is -2.45. The minimum Gasteiger partial charge on any atom is -0.374 e. The smallest absolute Gasteiger partial charge is 0.273 e. The molecule has 2 rings (SSSR count). The summed E-state index contributed by atoms with van der Waals surface area (Å²) in [6.45, 7) is 4.08. The second-order valence-corrected chi connectivity index (χ2v) is 4.61. The van der Waals surface area contributed by atoms with Gasteiger partial charge in [-0.3, -0.25) is 14.9 Å². The Hall–Kier alpha value is -1.99. The van der Waals surface area contributed by atoms with E-state index in [4.69, 9.17) is 4.74 Å². The molecule has 0 radical (unpaired) electrons. The van der Waals surface area contributed by atoms with Gasteiger partial charge in [0.15, 0.2) is 0 Å². The van der Waals surface area contributed by atoms with Gasteiger partial charge in [-0.05, 0) is 13.0 Å². The lowest BCUT2D eigenvalue weighted by atomic mass is 10.1. The van der Waals surface area contributed by atoms with Crippen molar-refractivity contribution in [1.82, 2.24) is 10.6 Å². The molecule has 1 saturated heterocycles. The number of rotatable bonds is 4. The summed E-state index contributed by atoms with van der Waals surface area (Å²) in [4.78, 5) is 22.4. The number of carbonyl (C=O) groups is 1. The van der Waals surface area contributed by atoms with Crippen LogP contribution in [0.3, 0.4) is 0 Å². The monoisotopic (exact) mass is 279 g/mol. The second-order valence-electron chi connectivity index (χ2n) is 4.61. The average Bonchev–Trinajstić information content (AvgIpc) is 2.46. The van der Waals surface area contributed by atoms with Gasteiger partial charge in [0.1, 0.15) is 0 Å². The Kier molecular flexibility index (Phi) is 4.65. The predicted octanol–water partition coefficient (Wildman–Crippen LogP) is 0.621. The van der Waals surface area contributed by atoms with E-state index >= 15 is 0 Å². The van der Waals surface area contributed by atoms with Crippen molar-refractivity contribution >= 4 is 11.6 Å². The first-order valence-corrected chi connectivity index (χ1v) is 6.44. The van der Waals surface area contributed by atoms with E-state index in [1.807, 2.05) is 0 Å². The number of ether oxygens (including phenoxy) is 1. The number of carbonyl (C=O) groups excluding carboxylic acids is 1. The van der Waals surface area contributed by atoms with Crippen LogP contribution in [0.15, 0.2) is 18.2 Å². The molecule has 1 heterocycles. The predicted molar refractivity (Wildman–Crippen MR) is 72.8 cm³/mol. The van der Waals surface area contributed by atoms with Crippen molar-refractivity contribution in [3.05, 3.63) is 39.4 Å². The zero-order valence-corrected chi connectivity index (χ0v) is 11.2. The van der Waals surface area contributed by atoms with Gasteiger partial charge in [-0.25, -0.2) is 0 Å². The second kappa shape index (κ2) is 6.44. The maximum Gasteiger partial charge on any atom is 0.273 e. The molecular formula is C13H17N3O4. The SMILES string of the molecule is Cc1c(C(=O)NCC2CNCCO2)cccc1[N+](=O)[O-]. The summed E-state index contributed by atoms with van der Waals surface area (Å²) in [5, 5.41) is 16.8. The maximum absolute atomic E-state index is 12.1. The summed E-state index contributed by atoms with van der Waals surface area (Å²) >= 11 is 0. The third-order valence-corrected chi connectivity index (χ3v) is 3.24. The lowest BCUT2D eigenvalue weighted by molar-refractivity contribution is -0.385. The minimum absolute atomic E-state index is 0.0479. The van der Waals surface area contributed by atoms with Gasteiger partial charge in [0, 0.05) is 36.8 Å². The highest BCUT2D eigenvalue weighted by Crippen LogP contribution is 2.20. The molecule has 108 valence electrons. The molecule has 1 amide bonds. The number of nitro groups is 1. The Morgan fingerprint density at radius 1 is 1.60 bits per heavy atom. The molecule has 20 heavy (non-hydrogen) atoms. The highest BCUT2D eigenvalue weighted by Gasteiger charge is 2.19. The third-order valence-electron chi connectivity index (χ3n) is 3.24. The van der Waals surface area contributed by atoms with Gasteiger partial charge in [-0.2, -0.15) is 0 Å². The van der Waals surface area contributed by atoms with Crippen LogP contribution in [0, 0.1) is 17.0 Å². The largest absolute Gasteiger partial charge is 0.374 e. The topological polar surface area (TPSA) is 93.5 Å². The van der Waals surface area contributed by atoms with Crippen molar-refractivity contribution in [2.45, 2.75) is 13.0 Å². The van der Waals surface area contributed by atoms with Gasteiger partial charge in [0.25, 0.3) is 11.6 Å². The van der Waals surface area contributed by atoms with Crippen molar-refractivity contribution in [3.8, 4) is 0 Å². The average molecular weight is 279 g/mol. The summed E-state index contributed by atoms with van der Waals surface area (Å²) in [7, 11) is 0. The van der Waals surface area contributed by atoms with Crippen LogP contribution in [0.5, 0.6) is 0 Å². The minimum atomic E-state index is -0.486. The van der Waals surface area contributed by atoms with Crippen molar-refractivity contribution in [2.75, 3.05) is 26.2 Å². The molecule has 1 unspecified atom stereocenters. The van der Waals surface area contributed by atoms with Crippen LogP contribution in [-0.2, 0) is 4.74 Å². The van der Waals surface area contributed by atoms with Crippen LogP contribution < -0.4 is 10.6 Å². The molecule has 0 aliphatic carbocycles. The van der Waals surface area contributed by atoms with Crippen LogP contribution in [0.4, 0.5) is 5.69 Å². The molecule has 1 fully saturated rings. The summed E-state index contributed by atoms with van der Waals surface area (Å²) in [6, 6.07) is 4.48. The lowest BCUT2D eigenvalue weighted by Gasteiger charge is -2.23. The van der Waals surface area contributed by atoms with E-state index in [2.05, 4.69) is 10.6 Å². The Morgan fingerprint density at radius 2 is 2.40 bits per heavy atom. The molecule has 1 aliphatic rings. The van der Waals surface area contributed by atoms with Gasteiger partial charge in [-0.1, -0.05) is 6.07 Å². The number of nitrogens with one attached hydrogen (secondary N) is 2. The summed E-state index contributed by atoms with van der Waals surface area (Å²) < 4.78 is 5.47. The van der Waals surface area contributed by atoms with Gasteiger partial charge in [0.05, 0.1) is 17.6 Å². The molecule has 1 atom stereocenters. The quantitative estimate of drug-likeness (QED) is 0.622. The van der Waals surface area contributed by atoms with Crippen molar-refractivity contribution < 1.29 is 14.5 Å². The number of hydrogen-bond donors (Lipinski definition) is 2. The Labute approximate surface area is 116 Å². The van der Waals surface area contributed by atoms with Gasteiger partial charge < -0.3 is 15.4 Å². The number of amides is 1. The number of nitro benzene ring substituents is 1. The molecule has 2 N–H and O–H groups in total. The van der Waals surface area contributed by atoms with Crippen LogP contribution in [0.25, 0.3) is 0 Å². The number of nitrogens with zero attached hydrogens (tertiary/aromatic N) is 1. The molecule has 1 aromatic rings. The van der Waals surface area contributed by atoms with E-state index in [-0.39, 0.29) is 17.7 Å². The highest BCUT2D eigenvalue weighted by molar-refractivity contribution is 5.96. The van der Waals surface area contributed by atoms with Crippen molar-refractivity contribution in [2.24, 2.45) is 0 Å². The molecule has 0 spiro atoms. The fraction of sp³-hybridized carbons (Fsp3) is 0.462. The normalized spacial score (nSPS) is 18.6. The summed E-state index contributed by atoms with van der Waals surface area (Å²) in [5.41, 5.74) is 0.647. The molecule has 0 aromatic heterocycles. The fourth-order valence-corrected chi connectivity index (χ4v) is 2.12. The first kappa shape index (κ1) is 14.4. The molecule has 7 heteroatoms. The standard InChI is InChI=1S/C13H17N3O4/c1-9-11(3-2-4-12(9)16(18)19)13(17)15-8-10-7-14-5-6-20-10/h2-4,10,14H,5-8H2,1H3,(H,15,17). The Balaban J connectivity index is 2.01. The van der Waals surface area contributed by atoms with E-state index in [1.54, 1.807) is 13.0 Å². The van der Waals surface area contributed by atoms with Gasteiger partial charge in [0.2, 0.25) is 0 Å². The number of hydrogen-bond acceptors (Lipinski definition) is 5. The van der Waals surface area contributed by atoms with Crippen LogP contribution in [0.2, 0.25) is 0 Å². The van der Waals surface area contributed by atoms with Crippen LogP contribution >= 0.6 is 0 Å². The zero-order chi connectivity index (χ0) is 14.5. The molecule has 7 nitrogen and oxygen atoms in total. The maximum atomic E-state index is 12.1. The first-order chi connectivity index (χ1) is 9.59.